The lowest BCUT2D eigenvalue weighted by atomic mass is 10.1. The summed E-state index contributed by atoms with van der Waals surface area (Å²) in [6.07, 6.45) is 4.35. The number of nitro groups is 1. The fourth-order valence-corrected chi connectivity index (χ4v) is 3.31. The van der Waals surface area contributed by atoms with Crippen molar-refractivity contribution in [1.29, 1.82) is 0 Å². The third-order valence-corrected chi connectivity index (χ3v) is 4.83. The van der Waals surface area contributed by atoms with Gasteiger partial charge in [-0.15, -0.1) is 10.2 Å². The Hall–Kier alpha value is -3.10. The van der Waals surface area contributed by atoms with E-state index in [4.69, 9.17) is 0 Å². The van der Waals surface area contributed by atoms with Crippen molar-refractivity contribution in [3.63, 3.8) is 0 Å². The SMILES string of the molecule is CCC(NC(=O)C1CCCC1)c1nnc(-c2cccc([N+](=O)[O-])c2)[nH]c1=O. The number of hydrogen-bond acceptors (Lipinski definition) is 6. The summed E-state index contributed by atoms with van der Waals surface area (Å²) in [5.74, 6) is 0.0861. The molecule has 1 heterocycles. The molecule has 1 unspecified atom stereocenters. The highest BCUT2D eigenvalue weighted by molar-refractivity contribution is 5.79. The summed E-state index contributed by atoms with van der Waals surface area (Å²) in [7, 11) is 0. The fourth-order valence-electron chi connectivity index (χ4n) is 3.31. The smallest absolute Gasteiger partial charge is 0.275 e. The quantitative estimate of drug-likeness (QED) is 0.592. The summed E-state index contributed by atoms with van der Waals surface area (Å²) in [5, 5.41) is 21.8. The lowest BCUT2D eigenvalue weighted by Gasteiger charge is -2.18. The zero-order valence-electron chi connectivity index (χ0n) is 15.0. The topological polar surface area (TPSA) is 131 Å². The van der Waals surface area contributed by atoms with Gasteiger partial charge in [0.25, 0.3) is 11.2 Å². The molecule has 0 bridgehead atoms. The number of non-ortho nitro benzene ring substituents is 1. The van der Waals surface area contributed by atoms with Crippen LogP contribution in [0.3, 0.4) is 0 Å². The van der Waals surface area contributed by atoms with E-state index in [2.05, 4.69) is 20.5 Å². The van der Waals surface area contributed by atoms with Gasteiger partial charge in [0.05, 0.1) is 11.0 Å². The molecule has 1 amide bonds. The molecule has 0 saturated heterocycles. The molecular formula is C18H21N5O4. The predicted octanol–water partition coefficient (Wildman–Crippen LogP) is 2.50. The number of aromatic amines is 1. The van der Waals surface area contributed by atoms with Gasteiger partial charge in [0, 0.05) is 23.6 Å². The van der Waals surface area contributed by atoms with Crippen molar-refractivity contribution in [3.05, 3.63) is 50.4 Å². The van der Waals surface area contributed by atoms with Gasteiger partial charge in [0.1, 0.15) is 0 Å². The van der Waals surface area contributed by atoms with Gasteiger partial charge in [-0.3, -0.25) is 19.7 Å². The van der Waals surface area contributed by atoms with Crippen LogP contribution in [0.4, 0.5) is 5.69 Å². The summed E-state index contributed by atoms with van der Waals surface area (Å²) in [6.45, 7) is 1.86. The first-order valence-electron chi connectivity index (χ1n) is 9.01. The molecule has 9 nitrogen and oxygen atoms in total. The number of carbonyl (C=O) groups is 1. The largest absolute Gasteiger partial charge is 0.347 e. The second-order valence-electron chi connectivity index (χ2n) is 6.65. The number of carbonyl (C=O) groups excluding carboxylic acids is 1. The lowest BCUT2D eigenvalue weighted by molar-refractivity contribution is -0.384. The minimum Gasteiger partial charge on any atom is -0.347 e. The van der Waals surface area contributed by atoms with Crippen molar-refractivity contribution in [2.45, 2.75) is 45.1 Å². The summed E-state index contributed by atoms with van der Waals surface area (Å²) in [6, 6.07) is 5.27. The van der Waals surface area contributed by atoms with E-state index in [1.807, 2.05) is 6.92 Å². The standard InChI is InChI=1S/C18H21N5O4/c1-2-14(19-17(24)11-6-3-4-7-11)15-18(25)20-16(22-21-15)12-8-5-9-13(10-12)23(26)27/h5,8-11,14H,2-4,6-7H2,1H3,(H,19,24)(H,20,22,25). The molecule has 142 valence electrons. The van der Waals surface area contributed by atoms with Crippen molar-refractivity contribution in [1.82, 2.24) is 20.5 Å². The first-order chi connectivity index (χ1) is 13.0. The van der Waals surface area contributed by atoms with Crippen LogP contribution < -0.4 is 10.9 Å². The van der Waals surface area contributed by atoms with E-state index in [1.165, 1.54) is 18.2 Å². The Morgan fingerprint density at radius 1 is 1.37 bits per heavy atom. The van der Waals surface area contributed by atoms with Crippen molar-refractivity contribution in [2.75, 3.05) is 0 Å². The van der Waals surface area contributed by atoms with Gasteiger partial charge in [-0.1, -0.05) is 31.9 Å². The molecule has 9 heteroatoms. The van der Waals surface area contributed by atoms with Crippen LogP contribution in [0.25, 0.3) is 11.4 Å². The van der Waals surface area contributed by atoms with Crippen LogP contribution in [0, 0.1) is 16.0 Å². The van der Waals surface area contributed by atoms with E-state index in [0.29, 0.717) is 12.0 Å². The highest BCUT2D eigenvalue weighted by atomic mass is 16.6. The van der Waals surface area contributed by atoms with Crippen LogP contribution in [0.2, 0.25) is 0 Å². The molecule has 27 heavy (non-hydrogen) atoms. The third-order valence-electron chi connectivity index (χ3n) is 4.83. The van der Waals surface area contributed by atoms with Crippen molar-refractivity contribution >= 4 is 11.6 Å². The van der Waals surface area contributed by atoms with Crippen molar-refractivity contribution in [2.24, 2.45) is 5.92 Å². The molecule has 0 aliphatic heterocycles. The van der Waals surface area contributed by atoms with Gasteiger partial charge in [-0.25, -0.2) is 0 Å². The highest BCUT2D eigenvalue weighted by Gasteiger charge is 2.26. The van der Waals surface area contributed by atoms with E-state index in [-0.39, 0.29) is 29.0 Å². The van der Waals surface area contributed by atoms with Gasteiger partial charge in [0.15, 0.2) is 11.5 Å². The van der Waals surface area contributed by atoms with Crippen molar-refractivity contribution in [3.8, 4) is 11.4 Å². The molecule has 2 N–H and O–H groups in total. The number of nitro benzene ring substituents is 1. The van der Waals surface area contributed by atoms with Crippen LogP contribution in [0.15, 0.2) is 29.1 Å². The number of H-pyrrole nitrogens is 1. The Morgan fingerprint density at radius 2 is 2.11 bits per heavy atom. The molecule has 3 rings (SSSR count). The van der Waals surface area contributed by atoms with Gasteiger partial charge in [0.2, 0.25) is 5.91 Å². The predicted molar refractivity (Wildman–Crippen MR) is 97.9 cm³/mol. The highest BCUT2D eigenvalue weighted by Crippen LogP contribution is 2.26. The average Bonchev–Trinajstić information content (AvgIpc) is 3.21. The van der Waals surface area contributed by atoms with E-state index >= 15 is 0 Å². The Bertz CT molecular complexity index is 905. The Morgan fingerprint density at radius 3 is 2.74 bits per heavy atom. The summed E-state index contributed by atoms with van der Waals surface area (Å²) in [5.41, 5.74) is -0.0408. The molecular weight excluding hydrogens is 350 g/mol. The van der Waals surface area contributed by atoms with Gasteiger partial charge in [-0.2, -0.15) is 0 Å². The van der Waals surface area contributed by atoms with Crippen LogP contribution in [0.5, 0.6) is 0 Å². The van der Waals surface area contributed by atoms with Crippen LogP contribution >= 0.6 is 0 Å². The number of benzene rings is 1. The maximum absolute atomic E-state index is 12.5. The summed E-state index contributed by atoms with van der Waals surface area (Å²) >= 11 is 0. The Balaban J connectivity index is 1.82. The number of rotatable bonds is 6. The monoisotopic (exact) mass is 371 g/mol. The van der Waals surface area contributed by atoms with E-state index < -0.39 is 16.5 Å². The van der Waals surface area contributed by atoms with Crippen LogP contribution in [-0.4, -0.2) is 26.0 Å². The fraction of sp³-hybridized carbons (Fsp3) is 0.444. The van der Waals surface area contributed by atoms with Crippen LogP contribution in [-0.2, 0) is 4.79 Å². The summed E-state index contributed by atoms with van der Waals surface area (Å²) in [4.78, 5) is 37.8. The first-order valence-corrected chi connectivity index (χ1v) is 9.01. The zero-order chi connectivity index (χ0) is 19.4. The zero-order valence-corrected chi connectivity index (χ0v) is 15.0. The molecule has 2 aromatic rings. The minimum atomic E-state index is -0.520. The number of hydrogen-bond donors (Lipinski definition) is 2. The van der Waals surface area contributed by atoms with Gasteiger partial charge in [-0.05, 0) is 19.3 Å². The molecule has 1 saturated carbocycles. The molecule has 1 aliphatic rings. The Labute approximate surface area is 155 Å². The molecule has 1 aliphatic carbocycles. The molecule has 1 aromatic heterocycles. The molecule has 0 radical (unpaired) electrons. The van der Waals surface area contributed by atoms with E-state index in [9.17, 15) is 19.7 Å². The number of aromatic nitrogens is 3. The second-order valence-corrected chi connectivity index (χ2v) is 6.65. The normalized spacial score (nSPS) is 15.4. The maximum Gasteiger partial charge on any atom is 0.275 e. The number of amides is 1. The molecule has 1 fully saturated rings. The van der Waals surface area contributed by atoms with Crippen molar-refractivity contribution < 1.29 is 9.72 Å². The molecule has 0 spiro atoms. The van der Waals surface area contributed by atoms with E-state index in [0.717, 1.165) is 25.7 Å². The minimum absolute atomic E-state index is 0.00441. The Kier molecular flexibility index (Phi) is 5.58. The average molecular weight is 371 g/mol. The van der Waals surface area contributed by atoms with Gasteiger partial charge < -0.3 is 10.3 Å². The number of nitrogens with one attached hydrogen (secondary N) is 2. The second kappa shape index (κ2) is 8.07. The van der Waals surface area contributed by atoms with Gasteiger partial charge >= 0.3 is 0 Å². The van der Waals surface area contributed by atoms with Crippen LogP contribution in [0.1, 0.15) is 50.8 Å². The number of nitrogens with zero attached hydrogens (tertiary/aromatic N) is 3. The molecule has 1 atom stereocenters. The first kappa shape index (κ1) is 18.7. The maximum atomic E-state index is 12.5. The van der Waals surface area contributed by atoms with E-state index in [1.54, 1.807) is 6.07 Å². The summed E-state index contributed by atoms with van der Waals surface area (Å²) < 4.78 is 0. The molecule has 1 aromatic carbocycles. The lowest BCUT2D eigenvalue weighted by Crippen LogP contribution is -2.36. The third kappa shape index (κ3) is 4.18.